The van der Waals surface area contributed by atoms with Crippen LogP contribution in [-0.4, -0.2) is 0 Å². The van der Waals surface area contributed by atoms with Crippen molar-refractivity contribution in [1.29, 1.82) is 0 Å². The molecule has 0 amide bonds. The molecule has 0 aromatic heterocycles. The number of benzene rings is 5. The molecule has 0 aliphatic rings. The fourth-order valence-electron chi connectivity index (χ4n) is 4.28. The summed E-state index contributed by atoms with van der Waals surface area (Å²) in [5, 5.41) is 3.28. The summed E-state index contributed by atoms with van der Waals surface area (Å²) >= 11 is 13.5. The van der Waals surface area contributed by atoms with Crippen LogP contribution in [0.15, 0.2) is 115 Å². The Morgan fingerprint density at radius 1 is 0.387 bits per heavy atom. The minimum absolute atomic E-state index is 1.01. The minimum atomic E-state index is -1.38. The van der Waals surface area contributed by atoms with Gasteiger partial charge in [0.25, 0.3) is 0 Å². The highest BCUT2D eigenvalue weighted by Crippen LogP contribution is 2.54. The van der Waals surface area contributed by atoms with Crippen molar-refractivity contribution in [1.82, 2.24) is 0 Å². The van der Waals surface area contributed by atoms with E-state index in [1.54, 1.807) is 0 Å². The summed E-state index contributed by atoms with van der Waals surface area (Å²) in [5.41, 5.74) is 6.93. The third-order valence-electron chi connectivity index (χ3n) is 5.54. The Morgan fingerprint density at radius 3 is 1.26 bits per heavy atom. The van der Waals surface area contributed by atoms with Crippen LogP contribution in [0.5, 0.6) is 0 Å². The van der Waals surface area contributed by atoms with E-state index in [0.29, 0.717) is 0 Å². The summed E-state index contributed by atoms with van der Waals surface area (Å²) in [5.74, 6) is 0. The van der Waals surface area contributed by atoms with Gasteiger partial charge in [0.2, 0.25) is 0 Å². The van der Waals surface area contributed by atoms with Crippen LogP contribution < -0.4 is 5.30 Å². The van der Waals surface area contributed by atoms with Crippen molar-refractivity contribution in [3.63, 3.8) is 0 Å². The molecule has 0 saturated carbocycles. The van der Waals surface area contributed by atoms with Gasteiger partial charge in [0.05, 0.1) is 0 Å². The maximum absolute atomic E-state index is 6.73. The molecule has 5 aromatic carbocycles. The highest BCUT2D eigenvalue weighted by molar-refractivity contribution is 8.09. The lowest BCUT2D eigenvalue weighted by atomic mass is 9.84. The molecule has 150 valence electrons. The van der Waals surface area contributed by atoms with Crippen molar-refractivity contribution in [2.45, 2.75) is 0 Å². The summed E-state index contributed by atoms with van der Waals surface area (Å²) in [6, 6.07) is 40.0. The molecule has 3 heteroatoms. The molecule has 0 atom stereocenters. The Morgan fingerprint density at radius 2 is 0.774 bits per heavy atom. The lowest BCUT2D eigenvalue weighted by molar-refractivity contribution is 1.59. The van der Waals surface area contributed by atoms with Crippen molar-refractivity contribution in [2.75, 3.05) is 0 Å². The summed E-state index contributed by atoms with van der Waals surface area (Å²) in [4.78, 5) is 0. The van der Waals surface area contributed by atoms with Crippen LogP contribution in [0.1, 0.15) is 0 Å². The standard InChI is InChI=1S/C28H19Cl2P/c29-31(30)28-24-19-11-10-18-23(24)25(20-12-4-1-5-13-20)26(21-14-6-2-7-15-21)27(28)22-16-8-3-9-17-22/h1-19H. The van der Waals surface area contributed by atoms with Gasteiger partial charge in [-0.25, -0.2) is 0 Å². The first-order valence-electron chi connectivity index (χ1n) is 10.1. The van der Waals surface area contributed by atoms with Crippen molar-refractivity contribution < 1.29 is 0 Å². The van der Waals surface area contributed by atoms with Crippen LogP contribution in [0.2, 0.25) is 0 Å². The molecule has 0 saturated heterocycles. The Kier molecular flexibility index (Phi) is 5.79. The summed E-state index contributed by atoms with van der Waals surface area (Å²) in [6.45, 7) is -1.38. The largest absolute Gasteiger partial charge is 0.118 e. The summed E-state index contributed by atoms with van der Waals surface area (Å²) < 4.78 is 0. The second-order valence-corrected chi connectivity index (χ2v) is 10.8. The Bertz CT molecular complexity index is 1330. The quantitative estimate of drug-likeness (QED) is 0.236. The lowest BCUT2D eigenvalue weighted by Crippen LogP contribution is -2.08. The van der Waals surface area contributed by atoms with Crippen LogP contribution in [0.4, 0.5) is 0 Å². The zero-order valence-electron chi connectivity index (χ0n) is 16.7. The van der Waals surface area contributed by atoms with Gasteiger partial charge in [-0.2, -0.15) is 0 Å². The van der Waals surface area contributed by atoms with Gasteiger partial charge < -0.3 is 0 Å². The number of hydrogen-bond acceptors (Lipinski definition) is 0. The number of halogens is 2. The zero-order valence-corrected chi connectivity index (χ0v) is 19.1. The van der Waals surface area contributed by atoms with Crippen molar-refractivity contribution in [3.8, 4) is 33.4 Å². The van der Waals surface area contributed by atoms with E-state index in [0.717, 1.165) is 32.8 Å². The fraction of sp³-hybridized carbons (Fsp3) is 0. The Hall–Kier alpha value is -2.63. The van der Waals surface area contributed by atoms with E-state index in [2.05, 4.69) is 103 Å². The van der Waals surface area contributed by atoms with Gasteiger partial charge in [0.1, 0.15) is 6.63 Å². The topological polar surface area (TPSA) is 0 Å². The molecule has 0 bridgehead atoms. The van der Waals surface area contributed by atoms with E-state index in [9.17, 15) is 0 Å². The number of hydrogen-bond donors (Lipinski definition) is 0. The molecule has 0 aliphatic carbocycles. The highest BCUT2D eigenvalue weighted by atomic mass is 35.9. The predicted molar refractivity (Wildman–Crippen MR) is 139 cm³/mol. The summed E-state index contributed by atoms with van der Waals surface area (Å²) in [7, 11) is 0. The number of rotatable bonds is 4. The smallest absolute Gasteiger partial charge is 0.0727 e. The lowest BCUT2D eigenvalue weighted by Gasteiger charge is -2.24. The van der Waals surface area contributed by atoms with Gasteiger partial charge in [-0.15, -0.1) is 0 Å². The molecule has 0 fully saturated rings. The van der Waals surface area contributed by atoms with Crippen LogP contribution in [0.3, 0.4) is 0 Å². The van der Waals surface area contributed by atoms with Crippen LogP contribution >= 0.6 is 29.1 Å². The van der Waals surface area contributed by atoms with Gasteiger partial charge >= 0.3 is 0 Å². The zero-order chi connectivity index (χ0) is 21.2. The van der Waals surface area contributed by atoms with Crippen molar-refractivity contribution >= 4 is 45.2 Å². The average molecular weight is 457 g/mol. The predicted octanol–water partition coefficient (Wildman–Crippen LogP) is 9.26. The van der Waals surface area contributed by atoms with Crippen LogP contribution in [0, 0.1) is 0 Å². The van der Waals surface area contributed by atoms with E-state index in [4.69, 9.17) is 22.5 Å². The monoisotopic (exact) mass is 456 g/mol. The van der Waals surface area contributed by atoms with Crippen LogP contribution in [-0.2, 0) is 0 Å². The molecule has 0 radical (unpaired) electrons. The van der Waals surface area contributed by atoms with Gasteiger partial charge in [-0.3, -0.25) is 0 Å². The van der Waals surface area contributed by atoms with E-state index in [1.807, 2.05) is 12.1 Å². The van der Waals surface area contributed by atoms with Crippen molar-refractivity contribution in [3.05, 3.63) is 115 Å². The second-order valence-electron chi connectivity index (χ2n) is 7.35. The molecule has 0 heterocycles. The molecular formula is C28H19Cl2P. The van der Waals surface area contributed by atoms with Crippen molar-refractivity contribution in [2.24, 2.45) is 0 Å². The molecular weight excluding hydrogens is 438 g/mol. The van der Waals surface area contributed by atoms with Gasteiger partial charge in [-0.05, 0) is 38.6 Å². The third-order valence-corrected chi connectivity index (χ3v) is 7.36. The van der Waals surface area contributed by atoms with E-state index in [1.165, 1.54) is 16.7 Å². The van der Waals surface area contributed by atoms with E-state index < -0.39 is 6.63 Å². The molecule has 0 spiro atoms. The van der Waals surface area contributed by atoms with E-state index >= 15 is 0 Å². The highest BCUT2D eigenvalue weighted by Gasteiger charge is 2.25. The average Bonchev–Trinajstić information content (AvgIpc) is 2.84. The number of fused-ring (bicyclic) bond motifs is 1. The molecule has 31 heavy (non-hydrogen) atoms. The van der Waals surface area contributed by atoms with E-state index in [-0.39, 0.29) is 0 Å². The molecule has 0 N–H and O–H groups in total. The first kappa shape index (κ1) is 20.3. The SMILES string of the molecule is ClP(Cl)c1c(-c2ccccc2)c(-c2ccccc2)c(-c2ccccc2)c2ccccc12. The minimum Gasteiger partial charge on any atom is -0.0727 e. The third kappa shape index (κ3) is 3.77. The van der Waals surface area contributed by atoms with Gasteiger partial charge in [-0.1, -0.05) is 138 Å². The first-order valence-corrected chi connectivity index (χ1v) is 13.3. The maximum atomic E-state index is 6.73. The molecule has 0 unspecified atom stereocenters. The summed E-state index contributed by atoms with van der Waals surface area (Å²) in [6.07, 6.45) is 0. The van der Waals surface area contributed by atoms with Gasteiger partial charge in [0.15, 0.2) is 0 Å². The molecule has 5 aromatic rings. The molecule has 5 rings (SSSR count). The van der Waals surface area contributed by atoms with Crippen LogP contribution in [0.25, 0.3) is 44.2 Å². The maximum Gasteiger partial charge on any atom is 0.118 e. The fourth-order valence-corrected chi connectivity index (χ4v) is 6.12. The Labute approximate surface area is 193 Å². The normalized spacial score (nSPS) is 11.2. The Balaban J connectivity index is 2.06. The van der Waals surface area contributed by atoms with Gasteiger partial charge in [0, 0.05) is 10.9 Å². The second kappa shape index (κ2) is 8.85. The first-order chi connectivity index (χ1) is 15.3. The molecule has 0 nitrogen and oxygen atoms in total. The molecule has 0 aliphatic heterocycles.